The number of hydrogen-bond acceptors (Lipinski definition) is 5. The van der Waals surface area contributed by atoms with Crippen molar-refractivity contribution in [2.45, 2.75) is 11.1 Å². The number of alkyl halides is 3. The van der Waals surface area contributed by atoms with Crippen LogP contribution in [0.3, 0.4) is 0 Å². The van der Waals surface area contributed by atoms with Gasteiger partial charge in [0.2, 0.25) is 10.0 Å². The van der Waals surface area contributed by atoms with Gasteiger partial charge in [-0.2, -0.15) is 13.2 Å². The Bertz CT molecular complexity index is 940. The average Bonchev–Trinajstić information content (AvgIpc) is 2.58. The van der Waals surface area contributed by atoms with Gasteiger partial charge in [-0.15, -0.1) is 0 Å². The zero-order valence-electron chi connectivity index (χ0n) is 13.5. The van der Waals surface area contributed by atoms with E-state index < -0.39 is 40.2 Å². The minimum atomic E-state index is -4.49. The first-order chi connectivity index (χ1) is 12.5. The first-order valence-corrected chi connectivity index (χ1v) is 8.78. The van der Waals surface area contributed by atoms with E-state index in [1.807, 2.05) is 0 Å². The highest BCUT2D eigenvalue weighted by molar-refractivity contribution is 7.89. The second kappa shape index (κ2) is 7.76. The molecule has 0 bridgehead atoms. The Morgan fingerprint density at radius 1 is 1.00 bits per heavy atom. The lowest BCUT2D eigenvalue weighted by Crippen LogP contribution is -2.21. The van der Waals surface area contributed by atoms with Gasteiger partial charge in [0.1, 0.15) is 0 Å². The van der Waals surface area contributed by atoms with Gasteiger partial charge in [0.25, 0.3) is 5.91 Å². The SMILES string of the molecule is NS(=O)(=O)c1ccc(C(=O)OCC(=O)Nc2ccc(C(F)(F)F)cc2)cc1. The predicted molar refractivity (Wildman–Crippen MR) is 88.2 cm³/mol. The van der Waals surface area contributed by atoms with Gasteiger partial charge in [-0.3, -0.25) is 4.79 Å². The third-order valence-corrected chi connectivity index (χ3v) is 4.18. The van der Waals surface area contributed by atoms with Crippen LogP contribution in [0.4, 0.5) is 18.9 Å². The molecule has 0 aliphatic carbocycles. The molecular formula is C16H13F3N2O5S. The number of ether oxygens (including phenoxy) is 1. The number of carbonyl (C=O) groups is 2. The third kappa shape index (κ3) is 5.79. The van der Waals surface area contributed by atoms with Crippen LogP contribution >= 0.6 is 0 Å². The van der Waals surface area contributed by atoms with Crippen LogP contribution in [0.1, 0.15) is 15.9 Å². The van der Waals surface area contributed by atoms with Crippen molar-refractivity contribution in [3.63, 3.8) is 0 Å². The van der Waals surface area contributed by atoms with Crippen LogP contribution in [-0.2, 0) is 25.7 Å². The summed E-state index contributed by atoms with van der Waals surface area (Å²) in [4.78, 5) is 23.3. The molecule has 0 aliphatic heterocycles. The molecule has 2 rings (SSSR count). The van der Waals surface area contributed by atoms with Crippen LogP contribution in [0.25, 0.3) is 0 Å². The van der Waals surface area contributed by atoms with Gasteiger partial charge in [-0.25, -0.2) is 18.4 Å². The number of esters is 1. The van der Waals surface area contributed by atoms with Crippen molar-refractivity contribution >= 4 is 27.6 Å². The van der Waals surface area contributed by atoms with Gasteiger partial charge in [-0.05, 0) is 48.5 Å². The van der Waals surface area contributed by atoms with E-state index >= 15 is 0 Å². The van der Waals surface area contributed by atoms with Crippen LogP contribution in [-0.4, -0.2) is 26.9 Å². The van der Waals surface area contributed by atoms with Crippen molar-refractivity contribution < 1.29 is 35.9 Å². The number of primary sulfonamides is 1. The highest BCUT2D eigenvalue weighted by Gasteiger charge is 2.30. The molecule has 7 nitrogen and oxygen atoms in total. The van der Waals surface area contributed by atoms with Crippen LogP contribution in [0.2, 0.25) is 0 Å². The van der Waals surface area contributed by atoms with E-state index in [1.165, 1.54) is 0 Å². The Kier molecular flexibility index (Phi) is 5.86. The van der Waals surface area contributed by atoms with E-state index in [4.69, 9.17) is 9.88 Å². The van der Waals surface area contributed by atoms with Crippen molar-refractivity contribution in [2.75, 3.05) is 11.9 Å². The van der Waals surface area contributed by atoms with Crippen LogP contribution in [0.15, 0.2) is 53.4 Å². The average molecular weight is 402 g/mol. The number of nitrogens with one attached hydrogen (secondary N) is 1. The zero-order valence-corrected chi connectivity index (χ0v) is 14.3. The molecule has 2 aromatic carbocycles. The number of rotatable bonds is 5. The second-order valence-electron chi connectivity index (χ2n) is 5.27. The van der Waals surface area contributed by atoms with Crippen molar-refractivity contribution in [1.82, 2.24) is 0 Å². The molecule has 0 spiro atoms. The molecule has 0 saturated carbocycles. The molecule has 0 radical (unpaired) electrons. The molecule has 1 amide bonds. The molecule has 0 saturated heterocycles. The molecule has 0 aliphatic rings. The molecule has 0 atom stereocenters. The van der Waals surface area contributed by atoms with Gasteiger partial charge in [0.15, 0.2) is 6.61 Å². The standard InChI is InChI=1S/C16H13F3N2O5S/c17-16(18,19)11-3-5-12(6-4-11)21-14(22)9-26-15(23)10-1-7-13(8-2-10)27(20,24)25/h1-8H,9H2,(H,21,22)(H2,20,24,25). The van der Waals surface area contributed by atoms with Crippen LogP contribution < -0.4 is 10.5 Å². The highest BCUT2D eigenvalue weighted by Crippen LogP contribution is 2.29. The Hall–Kier alpha value is -2.92. The fourth-order valence-corrected chi connectivity index (χ4v) is 2.45. The Morgan fingerprint density at radius 3 is 2.04 bits per heavy atom. The summed E-state index contributed by atoms with van der Waals surface area (Å²) in [6.45, 7) is -0.684. The molecule has 0 heterocycles. The van der Waals surface area contributed by atoms with Crippen molar-refractivity contribution in [3.8, 4) is 0 Å². The maximum absolute atomic E-state index is 12.5. The minimum absolute atomic E-state index is 0.00951. The van der Waals surface area contributed by atoms with Gasteiger partial charge in [0, 0.05) is 5.69 Å². The zero-order chi connectivity index (χ0) is 20.2. The topological polar surface area (TPSA) is 116 Å². The maximum atomic E-state index is 12.5. The molecule has 144 valence electrons. The predicted octanol–water partition coefficient (Wildman–Crippen LogP) is 2.15. The number of amides is 1. The summed E-state index contributed by atoms with van der Waals surface area (Å²) in [6, 6.07) is 8.26. The van der Waals surface area contributed by atoms with E-state index in [2.05, 4.69) is 5.32 Å². The molecule has 0 unspecified atom stereocenters. The Morgan fingerprint density at radius 2 is 1.56 bits per heavy atom. The monoisotopic (exact) mass is 402 g/mol. The van der Waals surface area contributed by atoms with Gasteiger partial charge < -0.3 is 10.1 Å². The summed E-state index contributed by atoms with van der Waals surface area (Å²) in [5.41, 5.74) is -0.777. The summed E-state index contributed by atoms with van der Waals surface area (Å²) < 4.78 is 64.4. The van der Waals surface area contributed by atoms with Crippen LogP contribution in [0, 0.1) is 0 Å². The van der Waals surface area contributed by atoms with E-state index in [-0.39, 0.29) is 16.1 Å². The number of carbonyl (C=O) groups excluding carboxylic acids is 2. The smallest absolute Gasteiger partial charge is 0.416 e. The highest BCUT2D eigenvalue weighted by atomic mass is 32.2. The molecule has 27 heavy (non-hydrogen) atoms. The fourth-order valence-electron chi connectivity index (χ4n) is 1.93. The molecule has 11 heteroatoms. The molecule has 0 fully saturated rings. The molecule has 2 aromatic rings. The lowest BCUT2D eigenvalue weighted by atomic mass is 10.2. The van der Waals surface area contributed by atoms with Gasteiger partial charge in [0.05, 0.1) is 16.0 Å². The van der Waals surface area contributed by atoms with Crippen molar-refractivity contribution in [2.24, 2.45) is 5.14 Å². The summed E-state index contributed by atoms with van der Waals surface area (Å²) in [7, 11) is -3.90. The summed E-state index contributed by atoms with van der Waals surface area (Å²) in [5.74, 6) is -1.65. The first-order valence-electron chi connectivity index (χ1n) is 7.24. The van der Waals surface area contributed by atoms with Crippen molar-refractivity contribution in [1.29, 1.82) is 0 Å². The Balaban J connectivity index is 1.90. The number of halogens is 3. The molecule has 0 aromatic heterocycles. The van der Waals surface area contributed by atoms with E-state index in [9.17, 15) is 31.2 Å². The molecular weight excluding hydrogens is 389 g/mol. The lowest BCUT2D eigenvalue weighted by molar-refractivity contribution is -0.137. The number of nitrogens with two attached hydrogens (primary N) is 1. The maximum Gasteiger partial charge on any atom is 0.416 e. The summed E-state index contributed by atoms with van der Waals surface area (Å²) in [5, 5.41) is 7.21. The number of hydrogen-bond donors (Lipinski definition) is 2. The normalized spacial score (nSPS) is 11.7. The summed E-state index contributed by atoms with van der Waals surface area (Å²) >= 11 is 0. The Labute approximate surface area is 152 Å². The first kappa shape index (κ1) is 20.4. The second-order valence-corrected chi connectivity index (χ2v) is 6.83. The van der Waals surface area contributed by atoms with Gasteiger partial charge >= 0.3 is 12.1 Å². The third-order valence-electron chi connectivity index (χ3n) is 3.25. The largest absolute Gasteiger partial charge is 0.452 e. The number of sulfonamides is 1. The lowest BCUT2D eigenvalue weighted by Gasteiger charge is -2.09. The quantitative estimate of drug-likeness (QED) is 0.744. The molecule has 3 N–H and O–H groups in total. The summed E-state index contributed by atoms with van der Waals surface area (Å²) in [6.07, 6.45) is -4.49. The number of anilines is 1. The fraction of sp³-hybridized carbons (Fsp3) is 0.125. The van der Waals surface area contributed by atoms with Crippen LogP contribution in [0.5, 0.6) is 0 Å². The van der Waals surface area contributed by atoms with Gasteiger partial charge in [-0.1, -0.05) is 0 Å². The number of benzene rings is 2. The minimum Gasteiger partial charge on any atom is -0.452 e. The van der Waals surface area contributed by atoms with E-state index in [1.54, 1.807) is 0 Å². The van der Waals surface area contributed by atoms with E-state index in [0.29, 0.717) is 0 Å². The van der Waals surface area contributed by atoms with Crippen molar-refractivity contribution in [3.05, 3.63) is 59.7 Å². The van der Waals surface area contributed by atoms with E-state index in [0.717, 1.165) is 48.5 Å².